The molecule has 0 saturated heterocycles. The van der Waals surface area contributed by atoms with Crippen LogP contribution >= 0.6 is 24.4 Å². The molecule has 1 aromatic carbocycles. The van der Waals surface area contributed by atoms with Gasteiger partial charge in [0.2, 0.25) is 5.11 Å². The molecule has 0 amide bonds. The summed E-state index contributed by atoms with van der Waals surface area (Å²) in [5.74, 6) is 0.772. The number of pyridine rings is 1. The van der Waals surface area contributed by atoms with Gasteiger partial charge in [-0.2, -0.15) is 5.10 Å². The van der Waals surface area contributed by atoms with E-state index >= 15 is 0 Å². The van der Waals surface area contributed by atoms with Crippen LogP contribution in [0, 0.1) is 0 Å². The molecule has 0 unspecified atom stereocenters. The molecule has 25 heavy (non-hydrogen) atoms. The highest BCUT2D eigenvalue weighted by molar-refractivity contribution is 7.80. The van der Waals surface area contributed by atoms with E-state index in [-0.39, 0.29) is 5.11 Å². The molecule has 0 aliphatic rings. The Labute approximate surface area is 156 Å². The van der Waals surface area contributed by atoms with Crippen molar-refractivity contribution in [2.45, 2.75) is 6.92 Å². The zero-order valence-corrected chi connectivity index (χ0v) is 15.4. The Balaban J connectivity index is 1.76. The molecule has 0 aliphatic carbocycles. The van der Waals surface area contributed by atoms with Crippen LogP contribution in [0.15, 0.2) is 53.8 Å². The minimum Gasteiger partial charge on any atom is -0.497 e. The maximum atomic E-state index is 5.18. The first-order chi connectivity index (χ1) is 12.1. The van der Waals surface area contributed by atoms with Crippen LogP contribution in [0.25, 0.3) is 0 Å². The number of nitrogens with zero attached hydrogens (tertiary/aromatic N) is 2. The van der Waals surface area contributed by atoms with Crippen molar-refractivity contribution < 1.29 is 4.74 Å². The molecule has 1 aromatic heterocycles. The van der Waals surface area contributed by atoms with E-state index in [4.69, 9.17) is 29.2 Å². The molecule has 1 heterocycles. The van der Waals surface area contributed by atoms with E-state index in [1.807, 2.05) is 49.4 Å². The van der Waals surface area contributed by atoms with Crippen LogP contribution < -0.4 is 26.3 Å². The van der Waals surface area contributed by atoms with E-state index in [1.54, 1.807) is 13.3 Å². The summed E-state index contributed by atoms with van der Waals surface area (Å²) in [5.41, 5.74) is 10.5. The maximum Gasteiger partial charge on any atom is 0.205 e. The quantitative estimate of drug-likeness (QED) is 0.368. The summed E-state index contributed by atoms with van der Waals surface area (Å²) in [4.78, 5) is 4.20. The van der Waals surface area contributed by atoms with E-state index in [1.165, 1.54) is 0 Å². The number of hydrazine groups is 1. The number of anilines is 1. The normalized spacial score (nSPS) is 10.6. The summed E-state index contributed by atoms with van der Waals surface area (Å²) >= 11 is 10.3. The molecule has 2 rings (SSSR count). The molecule has 7 nitrogen and oxygen atoms in total. The number of hydrogen-bond acceptors (Lipinski definition) is 5. The van der Waals surface area contributed by atoms with E-state index in [0.717, 1.165) is 17.1 Å². The highest BCUT2D eigenvalue weighted by Gasteiger charge is 2.01. The zero-order chi connectivity index (χ0) is 18.1. The lowest BCUT2D eigenvalue weighted by Gasteiger charge is -2.13. The molecule has 0 radical (unpaired) electrons. The van der Waals surface area contributed by atoms with E-state index in [2.05, 4.69) is 31.7 Å². The van der Waals surface area contributed by atoms with Gasteiger partial charge in [0.25, 0.3) is 0 Å². The second kappa shape index (κ2) is 9.50. The number of hydrazone groups is 1. The monoisotopic (exact) mass is 374 g/mol. The minimum atomic E-state index is 0.272. The molecule has 0 atom stereocenters. The standard InChI is InChI=1S/C16H18N6OS2/c1-11(14-5-3-4-10-17-14)19-21-16(25)22-20-15(24)18-12-6-8-13(23-2)9-7-12/h3-10H,1-2H3,(H2,18,20,24)(H2,21,22,25)/b19-11+. The topological polar surface area (TPSA) is 82.6 Å². The van der Waals surface area contributed by atoms with Gasteiger partial charge in [-0.3, -0.25) is 21.3 Å². The minimum absolute atomic E-state index is 0.272. The Morgan fingerprint density at radius 2 is 1.76 bits per heavy atom. The van der Waals surface area contributed by atoms with Crippen LogP contribution in [0.5, 0.6) is 5.75 Å². The van der Waals surface area contributed by atoms with Crippen molar-refractivity contribution in [1.82, 2.24) is 21.3 Å². The van der Waals surface area contributed by atoms with Crippen molar-refractivity contribution in [3.8, 4) is 5.75 Å². The van der Waals surface area contributed by atoms with Crippen LogP contribution in [0.1, 0.15) is 12.6 Å². The summed E-state index contributed by atoms with van der Waals surface area (Å²) in [6.07, 6.45) is 1.70. The number of nitrogens with one attached hydrogen (secondary N) is 4. The molecule has 0 bridgehead atoms. The molecule has 4 N–H and O–H groups in total. The van der Waals surface area contributed by atoms with Crippen molar-refractivity contribution >= 4 is 46.1 Å². The summed E-state index contributed by atoms with van der Waals surface area (Å²) in [6, 6.07) is 13.0. The fraction of sp³-hybridized carbons (Fsp3) is 0.125. The lowest BCUT2D eigenvalue weighted by atomic mass is 10.3. The Morgan fingerprint density at radius 1 is 1.04 bits per heavy atom. The van der Waals surface area contributed by atoms with E-state index in [0.29, 0.717) is 10.8 Å². The molecule has 0 saturated carbocycles. The highest BCUT2D eigenvalue weighted by Crippen LogP contribution is 2.14. The van der Waals surface area contributed by atoms with E-state index < -0.39 is 0 Å². The first kappa shape index (κ1) is 18.6. The zero-order valence-electron chi connectivity index (χ0n) is 13.7. The number of aromatic nitrogens is 1. The second-order valence-corrected chi connectivity index (χ2v) is 5.60. The van der Waals surface area contributed by atoms with Crippen LogP contribution in [0.3, 0.4) is 0 Å². The maximum absolute atomic E-state index is 5.18. The van der Waals surface area contributed by atoms with Crippen LogP contribution in [-0.2, 0) is 0 Å². The fourth-order valence-electron chi connectivity index (χ4n) is 1.75. The average Bonchev–Trinajstić information content (AvgIpc) is 2.65. The van der Waals surface area contributed by atoms with Gasteiger partial charge >= 0.3 is 0 Å². The van der Waals surface area contributed by atoms with Gasteiger partial charge in [0, 0.05) is 11.9 Å². The van der Waals surface area contributed by atoms with Gasteiger partial charge in [0.15, 0.2) is 5.11 Å². The number of benzene rings is 1. The van der Waals surface area contributed by atoms with Gasteiger partial charge in [-0.25, -0.2) is 0 Å². The third kappa shape index (κ3) is 6.32. The summed E-state index contributed by atoms with van der Waals surface area (Å²) in [5, 5.41) is 7.80. The Morgan fingerprint density at radius 3 is 2.40 bits per heavy atom. The number of hydrogen-bond donors (Lipinski definition) is 4. The number of thiocarbonyl (C=S) groups is 2. The van der Waals surface area contributed by atoms with Crippen molar-refractivity contribution in [2.75, 3.05) is 12.4 Å². The predicted octanol–water partition coefficient (Wildman–Crippen LogP) is 2.18. The van der Waals surface area contributed by atoms with Crippen molar-refractivity contribution in [3.05, 3.63) is 54.4 Å². The smallest absolute Gasteiger partial charge is 0.205 e. The Kier molecular flexibility index (Phi) is 7.05. The van der Waals surface area contributed by atoms with Crippen molar-refractivity contribution in [3.63, 3.8) is 0 Å². The second-order valence-electron chi connectivity index (χ2n) is 4.79. The van der Waals surface area contributed by atoms with Crippen LogP contribution in [0.4, 0.5) is 5.69 Å². The summed E-state index contributed by atoms with van der Waals surface area (Å²) in [6.45, 7) is 1.83. The summed E-state index contributed by atoms with van der Waals surface area (Å²) in [7, 11) is 1.62. The molecular formula is C16H18N6OS2. The molecule has 0 aliphatic heterocycles. The Hall–Kier alpha value is -2.78. The molecule has 130 valence electrons. The SMILES string of the molecule is COc1ccc(NC(=S)NNC(=S)N/N=C(\C)c2ccccn2)cc1. The first-order valence-corrected chi connectivity index (χ1v) is 8.13. The number of ether oxygens (including phenoxy) is 1. The third-order valence-electron chi connectivity index (χ3n) is 3.00. The number of methoxy groups -OCH3 is 1. The largest absolute Gasteiger partial charge is 0.497 e. The fourth-order valence-corrected chi connectivity index (χ4v) is 2.01. The Bertz CT molecular complexity index is 749. The van der Waals surface area contributed by atoms with Crippen LogP contribution in [0.2, 0.25) is 0 Å². The van der Waals surface area contributed by atoms with Gasteiger partial charge in [-0.05, 0) is 67.8 Å². The van der Waals surface area contributed by atoms with Crippen LogP contribution in [-0.4, -0.2) is 28.0 Å². The third-order valence-corrected chi connectivity index (χ3v) is 3.40. The average molecular weight is 374 g/mol. The molecule has 0 spiro atoms. The lowest BCUT2D eigenvalue weighted by molar-refractivity contribution is 0.415. The van der Waals surface area contributed by atoms with Gasteiger partial charge in [0.1, 0.15) is 5.75 Å². The predicted molar refractivity (Wildman–Crippen MR) is 108 cm³/mol. The highest BCUT2D eigenvalue weighted by atomic mass is 32.1. The van der Waals surface area contributed by atoms with Crippen molar-refractivity contribution in [1.29, 1.82) is 0 Å². The molecule has 9 heteroatoms. The lowest BCUT2D eigenvalue weighted by Crippen LogP contribution is -2.47. The molecule has 2 aromatic rings. The molecule has 0 fully saturated rings. The van der Waals surface area contributed by atoms with Gasteiger partial charge < -0.3 is 10.1 Å². The van der Waals surface area contributed by atoms with E-state index in [9.17, 15) is 0 Å². The summed E-state index contributed by atoms with van der Waals surface area (Å²) < 4.78 is 5.10. The van der Waals surface area contributed by atoms with Gasteiger partial charge in [0.05, 0.1) is 18.5 Å². The number of rotatable bonds is 4. The molecular weight excluding hydrogens is 356 g/mol. The van der Waals surface area contributed by atoms with Gasteiger partial charge in [-0.1, -0.05) is 6.07 Å². The first-order valence-electron chi connectivity index (χ1n) is 7.31. The van der Waals surface area contributed by atoms with Crippen molar-refractivity contribution in [2.24, 2.45) is 5.10 Å². The van der Waals surface area contributed by atoms with Gasteiger partial charge in [-0.15, -0.1) is 0 Å².